The van der Waals surface area contributed by atoms with Gasteiger partial charge in [0.15, 0.2) is 0 Å². The number of hydrogen-bond donors (Lipinski definition) is 1. The van der Waals surface area contributed by atoms with E-state index in [0.29, 0.717) is 0 Å². The smallest absolute Gasteiger partial charge is 0.0578 e. The van der Waals surface area contributed by atoms with E-state index < -0.39 is 0 Å². The highest BCUT2D eigenvalue weighted by Crippen LogP contribution is 2.25. The molecule has 0 aliphatic carbocycles. The normalized spacial score (nSPS) is 12.3. The van der Waals surface area contributed by atoms with Crippen LogP contribution in [0.15, 0.2) is 42.7 Å². The van der Waals surface area contributed by atoms with E-state index in [2.05, 4.69) is 54.5 Å². The maximum atomic E-state index is 4.24. The first-order valence-electron chi connectivity index (χ1n) is 7.49. The van der Waals surface area contributed by atoms with Gasteiger partial charge in [-0.1, -0.05) is 44.5 Å². The SMILES string of the molecule is CCCc1ccc(C(NC)c2ccncc2CC)cc1. The molecular formula is C18H24N2. The Morgan fingerprint density at radius 2 is 1.85 bits per heavy atom. The highest BCUT2D eigenvalue weighted by molar-refractivity contribution is 5.37. The van der Waals surface area contributed by atoms with Crippen molar-refractivity contribution in [1.82, 2.24) is 10.3 Å². The standard InChI is InChI=1S/C18H24N2/c1-4-6-14-7-9-16(10-8-14)18(19-3)17-11-12-20-13-15(17)5-2/h7-13,18-19H,4-6H2,1-3H3. The van der Waals surface area contributed by atoms with Crippen LogP contribution in [-0.4, -0.2) is 12.0 Å². The average Bonchev–Trinajstić information content (AvgIpc) is 2.50. The van der Waals surface area contributed by atoms with E-state index in [-0.39, 0.29) is 6.04 Å². The summed E-state index contributed by atoms with van der Waals surface area (Å²) in [5.74, 6) is 0. The molecule has 2 heteroatoms. The first kappa shape index (κ1) is 14.7. The second-order valence-corrected chi connectivity index (χ2v) is 5.14. The fourth-order valence-corrected chi connectivity index (χ4v) is 2.68. The molecule has 1 heterocycles. The lowest BCUT2D eigenvalue weighted by molar-refractivity contribution is 0.682. The van der Waals surface area contributed by atoms with Crippen LogP contribution >= 0.6 is 0 Å². The Kier molecular flexibility index (Phi) is 5.31. The highest BCUT2D eigenvalue weighted by Gasteiger charge is 2.14. The third kappa shape index (κ3) is 3.26. The monoisotopic (exact) mass is 268 g/mol. The zero-order valence-electron chi connectivity index (χ0n) is 12.7. The van der Waals surface area contributed by atoms with Crippen molar-refractivity contribution in [1.29, 1.82) is 0 Å². The molecule has 0 aliphatic heterocycles. The highest BCUT2D eigenvalue weighted by atomic mass is 14.9. The molecule has 0 radical (unpaired) electrons. The van der Waals surface area contributed by atoms with Gasteiger partial charge in [0, 0.05) is 12.4 Å². The van der Waals surface area contributed by atoms with Crippen molar-refractivity contribution in [3.05, 3.63) is 65.0 Å². The molecule has 2 rings (SSSR count). The zero-order chi connectivity index (χ0) is 14.4. The summed E-state index contributed by atoms with van der Waals surface area (Å²) in [6, 6.07) is 11.3. The Bertz CT molecular complexity index is 531. The van der Waals surface area contributed by atoms with Crippen molar-refractivity contribution < 1.29 is 0 Å². The van der Waals surface area contributed by atoms with Crippen LogP contribution in [0.2, 0.25) is 0 Å². The number of pyridine rings is 1. The molecule has 1 unspecified atom stereocenters. The Morgan fingerprint density at radius 1 is 1.10 bits per heavy atom. The fourth-order valence-electron chi connectivity index (χ4n) is 2.68. The van der Waals surface area contributed by atoms with Gasteiger partial charge in [0.25, 0.3) is 0 Å². The van der Waals surface area contributed by atoms with Gasteiger partial charge in [0.2, 0.25) is 0 Å². The third-order valence-electron chi connectivity index (χ3n) is 3.77. The lowest BCUT2D eigenvalue weighted by Gasteiger charge is -2.20. The van der Waals surface area contributed by atoms with Crippen LogP contribution in [0.5, 0.6) is 0 Å². The Hall–Kier alpha value is -1.67. The Balaban J connectivity index is 2.31. The van der Waals surface area contributed by atoms with Gasteiger partial charge in [0.05, 0.1) is 6.04 Å². The van der Waals surface area contributed by atoms with E-state index in [9.17, 15) is 0 Å². The Labute approximate surface area is 122 Å². The maximum absolute atomic E-state index is 4.24. The van der Waals surface area contributed by atoms with E-state index in [4.69, 9.17) is 0 Å². The molecule has 0 amide bonds. The van der Waals surface area contributed by atoms with Crippen molar-refractivity contribution in [2.45, 2.75) is 39.2 Å². The molecule has 106 valence electrons. The number of benzene rings is 1. The van der Waals surface area contributed by atoms with Crippen LogP contribution in [0.1, 0.15) is 48.6 Å². The second kappa shape index (κ2) is 7.20. The number of hydrogen-bond acceptors (Lipinski definition) is 2. The lowest BCUT2D eigenvalue weighted by Crippen LogP contribution is -2.19. The van der Waals surface area contributed by atoms with Gasteiger partial charge in [-0.15, -0.1) is 0 Å². The molecule has 20 heavy (non-hydrogen) atoms. The number of rotatable bonds is 6. The molecule has 1 aromatic heterocycles. The maximum Gasteiger partial charge on any atom is 0.0578 e. The van der Waals surface area contributed by atoms with Gasteiger partial charge in [-0.25, -0.2) is 0 Å². The number of nitrogens with one attached hydrogen (secondary N) is 1. The van der Waals surface area contributed by atoms with Crippen molar-refractivity contribution in [2.24, 2.45) is 0 Å². The van der Waals surface area contributed by atoms with Crippen LogP contribution < -0.4 is 5.32 Å². The lowest BCUT2D eigenvalue weighted by atomic mass is 9.94. The molecule has 0 saturated carbocycles. The summed E-state index contributed by atoms with van der Waals surface area (Å²) in [4.78, 5) is 4.24. The average molecular weight is 268 g/mol. The summed E-state index contributed by atoms with van der Waals surface area (Å²) in [5.41, 5.74) is 5.36. The minimum atomic E-state index is 0.239. The van der Waals surface area contributed by atoms with Gasteiger partial charge < -0.3 is 5.32 Å². The number of aryl methyl sites for hydroxylation is 2. The van der Waals surface area contributed by atoms with E-state index >= 15 is 0 Å². The van der Waals surface area contributed by atoms with Gasteiger partial charge >= 0.3 is 0 Å². The van der Waals surface area contributed by atoms with Gasteiger partial charge in [-0.3, -0.25) is 4.98 Å². The predicted octanol–water partition coefficient (Wildman–Crippen LogP) is 3.91. The first-order chi connectivity index (χ1) is 9.80. The van der Waals surface area contributed by atoms with Crippen LogP contribution in [0.4, 0.5) is 0 Å². The summed E-state index contributed by atoms with van der Waals surface area (Å²) < 4.78 is 0. The summed E-state index contributed by atoms with van der Waals surface area (Å²) in [5, 5.41) is 3.43. The molecular weight excluding hydrogens is 244 g/mol. The minimum absolute atomic E-state index is 0.239. The Morgan fingerprint density at radius 3 is 2.45 bits per heavy atom. The van der Waals surface area contributed by atoms with Gasteiger partial charge in [-0.2, -0.15) is 0 Å². The molecule has 1 atom stereocenters. The molecule has 2 aromatic rings. The summed E-state index contributed by atoms with van der Waals surface area (Å²) >= 11 is 0. The molecule has 0 fully saturated rings. The molecule has 1 N–H and O–H groups in total. The first-order valence-corrected chi connectivity index (χ1v) is 7.49. The van der Waals surface area contributed by atoms with Crippen molar-refractivity contribution in [3.63, 3.8) is 0 Å². The van der Waals surface area contributed by atoms with Crippen molar-refractivity contribution in [3.8, 4) is 0 Å². The van der Waals surface area contributed by atoms with Gasteiger partial charge in [-0.05, 0) is 48.2 Å². The third-order valence-corrected chi connectivity index (χ3v) is 3.77. The van der Waals surface area contributed by atoms with Crippen LogP contribution in [-0.2, 0) is 12.8 Å². The van der Waals surface area contributed by atoms with Crippen LogP contribution in [0.3, 0.4) is 0 Å². The molecule has 2 nitrogen and oxygen atoms in total. The van der Waals surface area contributed by atoms with Gasteiger partial charge in [0.1, 0.15) is 0 Å². The van der Waals surface area contributed by atoms with Crippen molar-refractivity contribution in [2.75, 3.05) is 7.05 Å². The zero-order valence-corrected chi connectivity index (χ0v) is 12.7. The summed E-state index contributed by atoms with van der Waals surface area (Å²) in [6.45, 7) is 4.40. The second-order valence-electron chi connectivity index (χ2n) is 5.14. The van der Waals surface area contributed by atoms with E-state index in [0.717, 1.165) is 12.8 Å². The van der Waals surface area contributed by atoms with E-state index in [1.807, 2.05) is 19.4 Å². The molecule has 0 saturated heterocycles. The van der Waals surface area contributed by atoms with Crippen LogP contribution in [0, 0.1) is 0 Å². The van der Waals surface area contributed by atoms with E-state index in [1.54, 1.807) is 0 Å². The number of nitrogens with zero attached hydrogens (tertiary/aromatic N) is 1. The number of aromatic nitrogens is 1. The predicted molar refractivity (Wildman–Crippen MR) is 85.0 cm³/mol. The molecule has 0 bridgehead atoms. The molecule has 1 aromatic carbocycles. The summed E-state index contributed by atoms with van der Waals surface area (Å²) in [6.07, 6.45) is 7.21. The largest absolute Gasteiger partial charge is 0.309 e. The quantitative estimate of drug-likeness (QED) is 0.859. The summed E-state index contributed by atoms with van der Waals surface area (Å²) in [7, 11) is 2.02. The fraction of sp³-hybridized carbons (Fsp3) is 0.389. The van der Waals surface area contributed by atoms with Crippen LogP contribution in [0.25, 0.3) is 0 Å². The van der Waals surface area contributed by atoms with E-state index in [1.165, 1.54) is 28.7 Å². The van der Waals surface area contributed by atoms with Crippen molar-refractivity contribution >= 4 is 0 Å². The molecule has 0 spiro atoms. The molecule has 0 aliphatic rings. The topological polar surface area (TPSA) is 24.9 Å². The minimum Gasteiger partial charge on any atom is -0.309 e.